The van der Waals surface area contributed by atoms with E-state index >= 15 is 0 Å². The van der Waals surface area contributed by atoms with Gasteiger partial charge in [-0.05, 0) is 48.3 Å². The molecule has 0 radical (unpaired) electrons. The molecule has 2 nitrogen and oxygen atoms in total. The van der Waals surface area contributed by atoms with E-state index in [0.29, 0.717) is 10.6 Å². The van der Waals surface area contributed by atoms with E-state index in [-0.39, 0.29) is 11.4 Å². The van der Waals surface area contributed by atoms with Gasteiger partial charge in [0.25, 0.3) is 5.91 Å². The normalized spacial score (nSPS) is 11.4. The first kappa shape index (κ1) is 15.0. The molecule has 0 atom stereocenters. The predicted octanol–water partition coefficient (Wildman–Crippen LogP) is 4.40. The van der Waals surface area contributed by atoms with Crippen LogP contribution in [0.25, 0.3) is 0 Å². The molecule has 1 amide bonds. The lowest BCUT2D eigenvalue weighted by molar-refractivity contribution is 0.0912. The van der Waals surface area contributed by atoms with Crippen LogP contribution in [0, 0.1) is 0 Å². The Morgan fingerprint density at radius 3 is 2.71 bits per heavy atom. The van der Waals surface area contributed by atoms with Crippen molar-refractivity contribution in [3.05, 3.63) is 33.3 Å². The molecule has 1 N–H and O–H groups in total. The first-order valence-electron chi connectivity index (χ1n) is 5.20. The molecule has 0 aromatic heterocycles. The molecule has 0 saturated heterocycles. The van der Waals surface area contributed by atoms with Crippen LogP contribution in [0.3, 0.4) is 0 Å². The molecule has 5 heteroatoms. The smallest absolute Gasteiger partial charge is 0.253 e. The number of hydrogen-bond acceptors (Lipinski definition) is 1. The first-order valence-corrected chi connectivity index (χ1v) is 7.49. The third-order valence-corrected chi connectivity index (χ3v) is 4.06. The Hall–Kier alpha value is -0.0600. The number of halogens is 3. The molecule has 0 bridgehead atoms. The van der Waals surface area contributed by atoms with Gasteiger partial charge in [0.1, 0.15) is 0 Å². The zero-order valence-electron chi connectivity index (χ0n) is 9.69. The number of benzene rings is 1. The molecular formula is C12H14Br2ClNO. The minimum Gasteiger partial charge on any atom is -0.347 e. The van der Waals surface area contributed by atoms with Gasteiger partial charge in [0.05, 0.1) is 10.6 Å². The van der Waals surface area contributed by atoms with Crippen molar-refractivity contribution in [1.82, 2.24) is 5.32 Å². The van der Waals surface area contributed by atoms with E-state index in [0.717, 1.165) is 16.2 Å². The fourth-order valence-corrected chi connectivity index (χ4v) is 2.92. The Morgan fingerprint density at radius 2 is 2.12 bits per heavy atom. The second kappa shape index (κ2) is 6.21. The van der Waals surface area contributed by atoms with Crippen LogP contribution in [0.5, 0.6) is 0 Å². The number of rotatable bonds is 4. The van der Waals surface area contributed by atoms with Crippen LogP contribution in [-0.4, -0.2) is 16.8 Å². The lowest BCUT2D eigenvalue weighted by atomic mass is 10.0. The second-order valence-electron chi connectivity index (χ2n) is 4.38. The number of nitrogens with one attached hydrogen (secondary N) is 1. The molecule has 94 valence electrons. The van der Waals surface area contributed by atoms with Crippen LogP contribution in [-0.2, 0) is 0 Å². The Kier molecular flexibility index (Phi) is 5.48. The van der Waals surface area contributed by atoms with Gasteiger partial charge in [-0.25, -0.2) is 0 Å². The van der Waals surface area contributed by atoms with Gasteiger partial charge in [0.2, 0.25) is 0 Å². The van der Waals surface area contributed by atoms with Crippen LogP contribution >= 0.6 is 43.5 Å². The van der Waals surface area contributed by atoms with Crippen molar-refractivity contribution < 1.29 is 4.79 Å². The first-order chi connectivity index (χ1) is 7.87. The summed E-state index contributed by atoms with van der Waals surface area (Å²) < 4.78 is 0.727. The quantitative estimate of drug-likeness (QED) is 0.768. The highest BCUT2D eigenvalue weighted by atomic mass is 79.9. The SMILES string of the molecule is CC(C)(CCBr)NC(=O)c1cccc(Br)c1Cl. The minimum absolute atomic E-state index is 0.151. The zero-order chi connectivity index (χ0) is 13.1. The van der Waals surface area contributed by atoms with Gasteiger partial charge in [-0.3, -0.25) is 4.79 Å². The Morgan fingerprint density at radius 1 is 1.47 bits per heavy atom. The molecule has 0 spiro atoms. The summed E-state index contributed by atoms with van der Waals surface area (Å²) in [5.74, 6) is -0.151. The highest BCUT2D eigenvalue weighted by Gasteiger charge is 2.22. The molecule has 0 aliphatic carbocycles. The minimum atomic E-state index is -0.258. The maximum atomic E-state index is 12.1. The summed E-state index contributed by atoms with van der Waals surface area (Å²) in [6.07, 6.45) is 0.852. The van der Waals surface area contributed by atoms with Crippen molar-refractivity contribution in [2.24, 2.45) is 0 Å². The predicted molar refractivity (Wildman–Crippen MR) is 79.1 cm³/mol. The van der Waals surface area contributed by atoms with Gasteiger partial charge >= 0.3 is 0 Å². The van der Waals surface area contributed by atoms with E-state index < -0.39 is 0 Å². The number of alkyl halides is 1. The van der Waals surface area contributed by atoms with Crippen LogP contribution in [0.4, 0.5) is 0 Å². The van der Waals surface area contributed by atoms with Crippen molar-refractivity contribution in [3.8, 4) is 0 Å². The van der Waals surface area contributed by atoms with Crippen molar-refractivity contribution in [2.45, 2.75) is 25.8 Å². The highest BCUT2D eigenvalue weighted by molar-refractivity contribution is 9.10. The maximum Gasteiger partial charge on any atom is 0.253 e. The third-order valence-electron chi connectivity index (χ3n) is 2.37. The van der Waals surface area contributed by atoms with Gasteiger partial charge in [-0.2, -0.15) is 0 Å². The van der Waals surface area contributed by atoms with Gasteiger partial charge in [0.15, 0.2) is 0 Å². The lowest BCUT2D eigenvalue weighted by Gasteiger charge is -2.25. The van der Waals surface area contributed by atoms with Crippen LogP contribution in [0.15, 0.2) is 22.7 Å². The number of amides is 1. The fraction of sp³-hybridized carbons (Fsp3) is 0.417. The Labute approximate surface area is 123 Å². The molecule has 1 rings (SSSR count). The Balaban J connectivity index is 2.87. The highest BCUT2D eigenvalue weighted by Crippen LogP contribution is 2.26. The van der Waals surface area contributed by atoms with Gasteiger partial charge in [-0.1, -0.05) is 33.6 Å². The van der Waals surface area contributed by atoms with Gasteiger partial charge in [-0.15, -0.1) is 0 Å². The average Bonchev–Trinajstić information content (AvgIpc) is 2.21. The molecule has 0 aliphatic heterocycles. The molecular weight excluding hydrogens is 369 g/mol. The van der Waals surface area contributed by atoms with E-state index in [1.807, 2.05) is 19.9 Å². The largest absolute Gasteiger partial charge is 0.347 e. The lowest BCUT2D eigenvalue weighted by Crippen LogP contribution is -2.43. The maximum absolute atomic E-state index is 12.1. The summed E-state index contributed by atoms with van der Waals surface area (Å²) in [7, 11) is 0. The summed E-state index contributed by atoms with van der Waals surface area (Å²) in [4.78, 5) is 12.1. The molecule has 1 aromatic carbocycles. The molecule has 0 fully saturated rings. The van der Waals surface area contributed by atoms with Crippen LogP contribution in [0.2, 0.25) is 5.02 Å². The Bertz CT molecular complexity index is 421. The van der Waals surface area contributed by atoms with Gasteiger partial charge < -0.3 is 5.32 Å². The third kappa shape index (κ3) is 4.27. The van der Waals surface area contributed by atoms with Crippen molar-refractivity contribution in [2.75, 3.05) is 5.33 Å². The van der Waals surface area contributed by atoms with E-state index in [2.05, 4.69) is 37.2 Å². The van der Waals surface area contributed by atoms with E-state index in [4.69, 9.17) is 11.6 Å². The number of carbonyl (C=O) groups is 1. The number of hydrogen-bond donors (Lipinski definition) is 1. The summed E-state index contributed by atoms with van der Waals surface area (Å²) >= 11 is 12.8. The molecule has 0 heterocycles. The molecule has 0 unspecified atom stereocenters. The van der Waals surface area contributed by atoms with Crippen LogP contribution in [0.1, 0.15) is 30.6 Å². The summed E-state index contributed by atoms with van der Waals surface area (Å²) in [6.45, 7) is 3.97. The summed E-state index contributed by atoms with van der Waals surface area (Å²) in [6, 6.07) is 5.32. The van der Waals surface area contributed by atoms with E-state index in [1.54, 1.807) is 12.1 Å². The monoisotopic (exact) mass is 381 g/mol. The number of carbonyl (C=O) groups excluding carboxylic acids is 1. The van der Waals surface area contributed by atoms with Gasteiger partial charge in [0, 0.05) is 15.3 Å². The second-order valence-corrected chi connectivity index (χ2v) is 6.40. The molecule has 1 aromatic rings. The topological polar surface area (TPSA) is 29.1 Å². The zero-order valence-corrected chi connectivity index (χ0v) is 13.6. The van der Waals surface area contributed by atoms with Crippen LogP contribution < -0.4 is 5.32 Å². The standard InChI is InChI=1S/C12H14Br2ClNO/c1-12(2,6-7-13)16-11(17)8-4-3-5-9(14)10(8)15/h3-5H,6-7H2,1-2H3,(H,16,17). The molecule has 0 saturated carbocycles. The van der Waals surface area contributed by atoms with Crippen molar-refractivity contribution in [3.63, 3.8) is 0 Å². The van der Waals surface area contributed by atoms with E-state index in [1.165, 1.54) is 0 Å². The van der Waals surface area contributed by atoms with E-state index in [9.17, 15) is 4.79 Å². The molecule has 0 aliphatic rings. The van der Waals surface area contributed by atoms with Crippen molar-refractivity contribution >= 4 is 49.4 Å². The van der Waals surface area contributed by atoms with Crippen molar-refractivity contribution in [1.29, 1.82) is 0 Å². The summed E-state index contributed by atoms with van der Waals surface area (Å²) in [5.41, 5.74) is 0.232. The molecule has 17 heavy (non-hydrogen) atoms. The average molecular weight is 384 g/mol. The summed E-state index contributed by atoms with van der Waals surface area (Å²) in [5, 5.41) is 4.25. The fourth-order valence-electron chi connectivity index (χ4n) is 1.35.